The predicted octanol–water partition coefficient (Wildman–Crippen LogP) is 0.807. The summed E-state index contributed by atoms with van der Waals surface area (Å²) in [6.45, 7) is 6.66. The Morgan fingerprint density at radius 3 is 2.32 bits per heavy atom. The number of anilines is 2. The van der Waals surface area contributed by atoms with Gasteiger partial charge in [0.15, 0.2) is 0 Å². The van der Waals surface area contributed by atoms with Crippen molar-refractivity contribution in [3.63, 3.8) is 0 Å². The number of carbonyl (C=O) groups is 1. The van der Waals surface area contributed by atoms with Gasteiger partial charge in [0.25, 0.3) is 0 Å². The number of likely N-dealkylation sites (tertiary alicyclic amines) is 1. The topological polar surface area (TPSA) is 81.8 Å². The molecule has 0 bridgehead atoms. The van der Waals surface area contributed by atoms with Crippen molar-refractivity contribution in [2.45, 2.75) is 6.92 Å². The second kappa shape index (κ2) is 7.95. The molecule has 2 atom stereocenters. The molecule has 2 aliphatic rings. The number of nitrogens with zero attached hydrogens (tertiary/aromatic N) is 2. The van der Waals surface area contributed by atoms with Crippen molar-refractivity contribution in [3.05, 3.63) is 24.3 Å². The molecule has 0 aromatic heterocycles. The number of urea groups is 1. The first-order chi connectivity index (χ1) is 12.1. The molecule has 0 aliphatic carbocycles. The van der Waals surface area contributed by atoms with Crippen molar-refractivity contribution in [1.29, 1.82) is 0 Å². The van der Waals surface area contributed by atoms with Crippen molar-refractivity contribution in [2.24, 2.45) is 11.8 Å². The van der Waals surface area contributed by atoms with Crippen molar-refractivity contribution < 1.29 is 13.2 Å². The number of nitrogens with one attached hydrogen (secondary N) is 2. The van der Waals surface area contributed by atoms with Crippen molar-refractivity contribution in [2.75, 3.05) is 55.2 Å². The van der Waals surface area contributed by atoms with E-state index < -0.39 is 10.7 Å². The van der Waals surface area contributed by atoms with Gasteiger partial charge in [-0.2, -0.15) is 0 Å². The number of thiol groups is 1. The van der Waals surface area contributed by atoms with Crippen LogP contribution in [0.5, 0.6) is 0 Å². The molecular weight excluding hydrogens is 340 g/mol. The first-order valence-corrected chi connectivity index (χ1v) is 10.2. The van der Waals surface area contributed by atoms with Gasteiger partial charge in [-0.3, -0.25) is 0 Å². The number of rotatable bonds is 6. The van der Waals surface area contributed by atoms with Crippen molar-refractivity contribution in [1.82, 2.24) is 10.2 Å². The van der Waals surface area contributed by atoms with Gasteiger partial charge < -0.3 is 20.4 Å². The predicted molar refractivity (Wildman–Crippen MR) is 100.0 cm³/mol. The zero-order chi connectivity index (χ0) is 17.8. The minimum absolute atomic E-state index is 0.0544. The first-order valence-electron chi connectivity index (χ1n) is 8.80. The number of amides is 2. The van der Waals surface area contributed by atoms with Gasteiger partial charge >= 0.3 is 6.03 Å². The third-order valence-electron chi connectivity index (χ3n) is 4.96. The molecule has 0 radical (unpaired) electrons. The highest BCUT2D eigenvalue weighted by Gasteiger charge is 2.41. The molecule has 2 saturated heterocycles. The van der Waals surface area contributed by atoms with E-state index in [2.05, 4.69) is 27.7 Å². The fourth-order valence-corrected chi connectivity index (χ4v) is 4.01. The van der Waals surface area contributed by atoms with E-state index in [0.29, 0.717) is 24.9 Å². The first kappa shape index (κ1) is 17.8. The summed E-state index contributed by atoms with van der Waals surface area (Å²) in [6, 6.07) is 8.17. The molecule has 7 nitrogen and oxygen atoms in total. The lowest BCUT2D eigenvalue weighted by Gasteiger charge is -2.23. The van der Waals surface area contributed by atoms with Gasteiger partial charge in [-0.05, 0) is 31.2 Å². The third-order valence-corrected chi connectivity index (χ3v) is 5.55. The number of benzene rings is 1. The molecule has 0 unspecified atom stereocenters. The molecule has 1 aromatic carbocycles. The molecule has 8 heteroatoms. The van der Waals surface area contributed by atoms with Crippen LogP contribution in [-0.4, -0.2) is 64.4 Å². The summed E-state index contributed by atoms with van der Waals surface area (Å²) in [5, 5.41) is 5.99. The van der Waals surface area contributed by atoms with E-state index in [9.17, 15) is 13.2 Å². The normalized spacial score (nSPS) is 22.3. The van der Waals surface area contributed by atoms with Crippen LogP contribution in [0.4, 0.5) is 16.2 Å². The van der Waals surface area contributed by atoms with Gasteiger partial charge in [-0.25, -0.2) is 13.2 Å². The summed E-state index contributed by atoms with van der Waals surface area (Å²) in [4.78, 5) is 16.3. The molecular formula is C17H26N4O3S. The Bertz CT molecular complexity index is 655. The van der Waals surface area contributed by atoms with Crippen LogP contribution in [0.1, 0.15) is 6.92 Å². The van der Waals surface area contributed by atoms with Gasteiger partial charge in [0, 0.05) is 62.5 Å². The maximum Gasteiger partial charge on any atom is 0.317 e. The Morgan fingerprint density at radius 2 is 1.76 bits per heavy atom. The maximum absolute atomic E-state index is 12.0. The number of hydrogen-bond acceptors (Lipinski definition) is 5. The summed E-state index contributed by atoms with van der Waals surface area (Å²) < 4.78 is 21.2. The zero-order valence-corrected chi connectivity index (χ0v) is 15.4. The molecule has 2 aliphatic heterocycles. The standard InChI is InChI=1S/C17H26N4O3S/c1-2-18-17(22)21-11-13-9-20(10-14(13)12-21)16-5-3-15(4-6-16)19-7-8-25(23)24/h3-6,13-14,19,25H,2,7-12H2,1H3,(H,18,22)/t13-,14+. The van der Waals surface area contributed by atoms with Gasteiger partial charge in [-0.15, -0.1) is 0 Å². The summed E-state index contributed by atoms with van der Waals surface area (Å²) in [7, 11) is -2.33. The summed E-state index contributed by atoms with van der Waals surface area (Å²) in [6.07, 6.45) is 0. The monoisotopic (exact) mass is 366 g/mol. The second-order valence-corrected chi connectivity index (χ2v) is 7.81. The molecule has 2 fully saturated rings. The van der Waals surface area contributed by atoms with E-state index in [0.717, 1.165) is 31.9 Å². The molecule has 0 saturated carbocycles. The van der Waals surface area contributed by atoms with Gasteiger partial charge in [0.05, 0.1) is 5.75 Å². The average Bonchev–Trinajstić information content (AvgIpc) is 3.14. The molecule has 3 rings (SSSR count). The van der Waals surface area contributed by atoms with E-state index in [1.165, 1.54) is 5.69 Å². The lowest BCUT2D eigenvalue weighted by Crippen LogP contribution is -2.40. The second-order valence-electron chi connectivity index (χ2n) is 6.70. The Balaban J connectivity index is 1.51. The number of carbonyl (C=O) groups excluding carboxylic acids is 1. The summed E-state index contributed by atoms with van der Waals surface area (Å²) >= 11 is 0. The molecule has 2 amide bonds. The highest BCUT2D eigenvalue weighted by molar-refractivity contribution is 7.72. The van der Waals surface area contributed by atoms with Crippen LogP contribution in [-0.2, 0) is 10.7 Å². The minimum Gasteiger partial charge on any atom is -0.384 e. The zero-order valence-electron chi connectivity index (χ0n) is 14.5. The Hall–Kier alpha value is -1.96. The molecule has 25 heavy (non-hydrogen) atoms. The van der Waals surface area contributed by atoms with Crippen LogP contribution in [0, 0.1) is 11.8 Å². The Morgan fingerprint density at radius 1 is 1.12 bits per heavy atom. The lowest BCUT2D eigenvalue weighted by atomic mass is 10.0. The van der Waals surface area contributed by atoms with E-state index >= 15 is 0 Å². The van der Waals surface area contributed by atoms with E-state index in [1.54, 1.807) is 0 Å². The molecule has 0 spiro atoms. The highest BCUT2D eigenvalue weighted by atomic mass is 32.2. The molecule has 138 valence electrons. The van der Waals surface area contributed by atoms with Gasteiger partial charge in [-0.1, -0.05) is 0 Å². The fraction of sp³-hybridized carbons (Fsp3) is 0.588. The average molecular weight is 366 g/mol. The van der Waals surface area contributed by atoms with Crippen LogP contribution in [0.3, 0.4) is 0 Å². The number of hydrogen-bond donors (Lipinski definition) is 3. The highest BCUT2D eigenvalue weighted by Crippen LogP contribution is 2.34. The van der Waals surface area contributed by atoms with E-state index in [4.69, 9.17) is 0 Å². The molecule has 2 N–H and O–H groups in total. The Labute approximate surface area is 150 Å². The van der Waals surface area contributed by atoms with Crippen LogP contribution in [0.2, 0.25) is 0 Å². The number of fused-ring (bicyclic) bond motifs is 1. The smallest absolute Gasteiger partial charge is 0.317 e. The van der Waals surface area contributed by atoms with Crippen molar-refractivity contribution in [3.8, 4) is 0 Å². The fourth-order valence-electron chi connectivity index (χ4n) is 3.71. The Kier molecular flexibility index (Phi) is 5.67. The lowest BCUT2D eigenvalue weighted by molar-refractivity contribution is 0.206. The van der Waals surface area contributed by atoms with Crippen molar-refractivity contribution >= 4 is 28.1 Å². The van der Waals surface area contributed by atoms with Gasteiger partial charge in [0.2, 0.25) is 0 Å². The summed E-state index contributed by atoms with van der Waals surface area (Å²) in [5.74, 6) is 1.22. The quantitative estimate of drug-likeness (QED) is 0.649. The molecule has 1 aromatic rings. The van der Waals surface area contributed by atoms with Crippen LogP contribution in [0.25, 0.3) is 0 Å². The largest absolute Gasteiger partial charge is 0.384 e. The van der Waals surface area contributed by atoms with Gasteiger partial charge in [0.1, 0.15) is 10.7 Å². The minimum atomic E-state index is -2.33. The van der Waals surface area contributed by atoms with Crippen LogP contribution >= 0.6 is 0 Å². The molecule has 2 heterocycles. The SMILES string of the molecule is CCNC(=O)N1C[C@@H]2CN(c3ccc(NCC[SH](=O)=O)cc3)C[C@@H]2C1. The van der Waals surface area contributed by atoms with E-state index in [-0.39, 0.29) is 11.8 Å². The maximum atomic E-state index is 12.0. The van der Waals surface area contributed by atoms with E-state index in [1.807, 2.05) is 24.0 Å². The van der Waals surface area contributed by atoms with Crippen LogP contribution in [0.15, 0.2) is 24.3 Å². The summed E-state index contributed by atoms with van der Waals surface area (Å²) in [5.41, 5.74) is 2.11. The third kappa shape index (κ3) is 4.36. The van der Waals surface area contributed by atoms with Crippen LogP contribution < -0.4 is 15.5 Å².